The maximum absolute atomic E-state index is 13.2. The number of hydrogen-bond acceptors (Lipinski definition) is 5. The molecule has 0 saturated heterocycles. The van der Waals surface area contributed by atoms with Crippen LogP contribution < -0.4 is 5.32 Å². The first-order chi connectivity index (χ1) is 15.0. The SMILES string of the molecule is Cc1ccc(NC(=O)CSC2=N/C(=C/c3cccs3)C(=O)N2C2CCCCC2)c(C)c1. The zero-order chi connectivity index (χ0) is 21.8. The van der Waals surface area contributed by atoms with Crippen LogP contribution in [0.5, 0.6) is 0 Å². The van der Waals surface area contributed by atoms with Gasteiger partial charge in [-0.2, -0.15) is 0 Å². The van der Waals surface area contributed by atoms with Crippen molar-refractivity contribution in [3.05, 3.63) is 57.4 Å². The molecule has 0 unspecified atom stereocenters. The maximum atomic E-state index is 13.2. The summed E-state index contributed by atoms with van der Waals surface area (Å²) < 4.78 is 0. The highest BCUT2D eigenvalue weighted by atomic mass is 32.2. The second-order valence-corrected chi connectivity index (χ2v) is 9.98. The van der Waals surface area contributed by atoms with Crippen LogP contribution in [0.4, 0.5) is 5.69 Å². The predicted octanol–water partition coefficient (Wildman–Crippen LogP) is 5.61. The number of carbonyl (C=O) groups is 2. The van der Waals surface area contributed by atoms with Crippen molar-refractivity contribution in [2.24, 2.45) is 4.99 Å². The molecule has 1 saturated carbocycles. The largest absolute Gasteiger partial charge is 0.325 e. The Balaban J connectivity index is 1.48. The van der Waals surface area contributed by atoms with Gasteiger partial charge in [-0.05, 0) is 55.8 Å². The number of nitrogens with one attached hydrogen (secondary N) is 1. The summed E-state index contributed by atoms with van der Waals surface area (Å²) in [6.45, 7) is 4.02. The van der Waals surface area contributed by atoms with E-state index in [-0.39, 0.29) is 23.6 Å². The fraction of sp³-hybridized carbons (Fsp3) is 0.375. The molecule has 7 heteroatoms. The molecule has 0 spiro atoms. The van der Waals surface area contributed by atoms with E-state index in [4.69, 9.17) is 0 Å². The lowest BCUT2D eigenvalue weighted by molar-refractivity contribution is -0.124. The highest BCUT2D eigenvalue weighted by molar-refractivity contribution is 8.14. The van der Waals surface area contributed by atoms with E-state index >= 15 is 0 Å². The van der Waals surface area contributed by atoms with Crippen LogP contribution in [0.15, 0.2) is 46.4 Å². The molecule has 1 aliphatic heterocycles. The van der Waals surface area contributed by atoms with Crippen LogP contribution in [0.3, 0.4) is 0 Å². The van der Waals surface area contributed by atoms with E-state index in [0.717, 1.165) is 47.4 Å². The lowest BCUT2D eigenvalue weighted by atomic mass is 9.94. The molecular weight excluding hydrogens is 426 g/mol. The molecule has 31 heavy (non-hydrogen) atoms. The Morgan fingerprint density at radius 2 is 2.06 bits per heavy atom. The van der Waals surface area contributed by atoms with Gasteiger partial charge in [0.15, 0.2) is 5.17 Å². The van der Waals surface area contributed by atoms with Gasteiger partial charge < -0.3 is 5.32 Å². The Morgan fingerprint density at radius 1 is 1.26 bits per heavy atom. The molecule has 4 rings (SSSR count). The highest BCUT2D eigenvalue weighted by Gasteiger charge is 2.36. The minimum atomic E-state index is -0.0913. The van der Waals surface area contributed by atoms with Crippen molar-refractivity contribution in [1.29, 1.82) is 0 Å². The Bertz CT molecular complexity index is 1020. The predicted molar refractivity (Wildman–Crippen MR) is 130 cm³/mol. The third kappa shape index (κ3) is 5.28. The molecule has 1 N–H and O–H groups in total. The summed E-state index contributed by atoms with van der Waals surface area (Å²) >= 11 is 2.93. The fourth-order valence-electron chi connectivity index (χ4n) is 4.05. The Kier molecular flexibility index (Phi) is 6.92. The van der Waals surface area contributed by atoms with Gasteiger partial charge in [-0.1, -0.05) is 54.8 Å². The van der Waals surface area contributed by atoms with Gasteiger partial charge in [-0.25, -0.2) is 4.99 Å². The number of amides is 2. The Morgan fingerprint density at radius 3 is 2.77 bits per heavy atom. The average Bonchev–Trinajstić information content (AvgIpc) is 3.37. The normalized spacial score (nSPS) is 18.5. The zero-order valence-corrected chi connectivity index (χ0v) is 19.5. The molecule has 162 valence electrons. The molecule has 2 heterocycles. The lowest BCUT2D eigenvalue weighted by Gasteiger charge is -2.31. The third-order valence-electron chi connectivity index (χ3n) is 5.61. The summed E-state index contributed by atoms with van der Waals surface area (Å²) in [6.07, 6.45) is 7.31. The van der Waals surface area contributed by atoms with Crippen molar-refractivity contribution in [2.45, 2.75) is 52.0 Å². The molecule has 0 bridgehead atoms. The van der Waals surface area contributed by atoms with E-state index in [1.54, 1.807) is 11.3 Å². The quantitative estimate of drug-likeness (QED) is 0.599. The Hall–Kier alpha value is -2.38. The average molecular weight is 454 g/mol. The monoisotopic (exact) mass is 453 g/mol. The number of nitrogens with zero attached hydrogens (tertiary/aromatic N) is 2. The second-order valence-electron chi connectivity index (χ2n) is 8.06. The van der Waals surface area contributed by atoms with Crippen LogP contribution in [0.2, 0.25) is 0 Å². The number of thiophene rings is 1. The number of benzene rings is 1. The number of aryl methyl sites for hydroxylation is 2. The van der Waals surface area contributed by atoms with Crippen molar-refractivity contribution in [3.8, 4) is 0 Å². The minimum absolute atomic E-state index is 0.0439. The van der Waals surface area contributed by atoms with Crippen molar-refractivity contribution in [1.82, 2.24) is 4.90 Å². The number of anilines is 1. The molecule has 2 aromatic rings. The maximum Gasteiger partial charge on any atom is 0.278 e. The molecule has 1 aliphatic carbocycles. The van der Waals surface area contributed by atoms with Crippen LogP contribution in [0, 0.1) is 13.8 Å². The topological polar surface area (TPSA) is 61.8 Å². The van der Waals surface area contributed by atoms with E-state index in [9.17, 15) is 9.59 Å². The number of carbonyl (C=O) groups excluding carboxylic acids is 2. The van der Waals surface area contributed by atoms with Gasteiger partial charge >= 0.3 is 0 Å². The van der Waals surface area contributed by atoms with Gasteiger partial charge in [0.25, 0.3) is 5.91 Å². The van der Waals surface area contributed by atoms with Gasteiger partial charge in [0.1, 0.15) is 5.70 Å². The van der Waals surface area contributed by atoms with Crippen LogP contribution >= 0.6 is 23.1 Å². The summed E-state index contributed by atoms with van der Waals surface area (Å²) in [5.41, 5.74) is 3.49. The van der Waals surface area contributed by atoms with Gasteiger partial charge in [0, 0.05) is 16.6 Å². The zero-order valence-electron chi connectivity index (χ0n) is 17.9. The summed E-state index contributed by atoms with van der Waals surface area (Å²) in [7, 11) is 0. The molecule has 1 aromatic carbocycles. The highest BCUT2D eigenvalue weighted by Crippen LogP contribution is 2.32. The summed E-state index contributed by atoms with van der Waals surface area (Å²) in [6, 6.07) is 10.1. The van der Waals surface area contributed by atoms with E-state index in [2.05, 4.69) is 16.4 Å². The molecule has 0 radical (unpaired) electrons. The van der Waals surface area contributed by atoms with E-state index in [0.29, 0.717) is 10.9 Å². The van der Waals surface area contributed by atoms with E-state index < -0.39 is 0 Å². The fourth-order valence-corrected chi connectivity index (χ4v) is 5.57. The third-order valence-corrected chi connectivity index (χ3v) is 7.38. The van der Waals surface area contributed by atoms with Crippen LogP contribution in [-0.2, 0) is 9.59 Å². The number of hydrogen-bond donors (Lipinski definition) is 1. The molecule has 0 atom stereocenters. The summed E-state index contributed by atoms with van der Waals surface area (Å²) in [5.74, 6) is 0.0820. The van der Waals surface area contributed by atoms with Crippen LogP contribution in [-0.4, -0.2) is 33.7 Å². The molecule has 1 aromatic heterocycles. The van der Waals surface area contributed by atoms with Gasteiger partial charge in [0.2, 0.25) is 5.91 Å². The first-order valence-corrected chi connectivity index (χ1v) is 12.5. The van der Waals surface area contributed by atoms with Gasteiger partial charge in [-0.3, -0.25) is 14.5 Å². The smallest absolute Gasteiger partial charge is 0.278 e. The molecular formula is C24H27N3O2S2. The summed E-state index contributed by atoms with van der Waals surface area (Å²) in [5, 5.41) is 5.62. The number of thioether (sulfide) groups is 1. The van der Waals surface area contributed by atoms with Gasteiger partial charge in [0.05, 0.1) is 5.75 Å². The van der Waals surface area contributed by atoms with Crippen LogP contribution in [0.25, 0.3) is 6.08 Å². The second kappa shape index (κ2) is 9.83. The number of amidine groups is 1. The van der Waals surface area contributed by atoms with Crippen molar-refractivity contribution in [3.63, 3.8) is 0 Å². The van der Waals surface area contributed by atoms with Crippen molar-refractivity contribution < 1.29 is 9.59 Å². The molecule has 2 aliphatic rings. The first kappa shape index (κ1) is 21.8. The van der Waals surface area contributed by atoms with Crippen molar-refractivity contribution in [2.75, 3.05) is 11.1 Å². The summed E-state index contributed by atoms with van der Waals surface area (Å²) in [4.78, 5) is 33.3. The first-order valence-electron chi connectivity index (χ1n) is 10.7. The lowest BCUT2D eigenvalue weighted by Crippen LogP contribution is -2.41. The van der Waals surface area contributed by atoms with Crippen LogP contribution in [0.1, 0.15) is 48.1 Å². The molecule has 2 amide bonds. The number of rotatable bonds is 5. The standard InChI is InChI=1S/C24H27N3O2S2/c1-16-10-11-20(17(2)13-16)25-22(28)15-31-24-26-21(14-19-9-6-12-30-19)23(29)27(24)18-7-4-3-5-8-18/h6,9-14,18H,3-5,7-8,15H2,1-2H3,(H,25,28)/b21-14+. The van der Waals surface area contributed by atoms with E-state index in [1.807, 2.05) is 54.5 Å². The minimum Gasteiger partial charge on any atom is -0.325 e. The van der Waals surface area contributed by atoms with E-state index in [1.165, 1.54) is 18.2 Å². The number of aliphatic imine (C=N–C) groups is 1. The molecule has 1 fully saturated rings. The Labute approximate surface area is 191 Å². The van der Waals surface area contributed by atoms with Crippen molar-refractivity contribution >= 4 is 51.8 Å². The molecule has 5 nitrogen and oxygen atoms in total. The van der Waals surface area contributed by atoms with Gasteiger partial charge in [-0.15, -0.1) is 11.3 Å².